The van der Waals surface area contributed by atoms with E-state index in [1.807, 2.05) is 0 Å². The topological polar surface area (TPSA) is 148 Å². The van der Waals surface area contributed by atoms with Crippen molar-refractivity contribution in [2.45, 2.75) is 70.4 Å². The Morgan fingerprint density at radius 3 is 2.46 bits per heavy atom. The highest BCUT2D eigenvalue weighted by atomic mass is 16.5. The molecule has 0 unspecified atom stereocenters. The van der Waals surface area contributed by atoms with Crippen molar-refractivity contribution in [3.63, 3.8) is 0 Å². The summed E-state index contributed by atoms with van der Waals surface area (Å²) >= 11 is 0. The average Bonchev–Trinajstić information content (AvgIpc) is 2.88. The molecule has 0 aliphatic carbocycles. The zero-order valence-electron chi connectivity index (χ0n) is 22.0. The first-order chi connectivity index (χ1) is 17.7. The number of unbranched alkanes of at least 4 members (excludes halogenated alkanes) is 3. The van der Waals surface area contributed by atoms with Crippen LogP contribution in [0, 0.1) is 17.8 Å². The number of methoxy groups -OCH3 is 1. The molecule has 0 saturated heterocycles. The van der Waals surface area contributed by atoms with E-state index >= 15 is 0 Å². The minimum atomic E-state index is -2.33. The summed E-state index contributed by atoms with van der Waals surface area (Å²) < 4.78 is 10.4. The van der Waals surface area contributed by atoms with E-state index in [9.17, 15) is 24.6 Å². The van der Waals surface area contributed by atoms with Gasteiger partial charge in [-0.05, 0) is 56.8 Å². The van der Waals surface area contributed by atoms with Gasteiger partial charge in [-0.25, -0.2) is 9.59 Å². The number of hydrogen-bond donors (Lipinski definition) is 4. The molecule has 0 saturated carbocycles. The second-order valence-electron chi connectivity index (χ2n) is 8.67. The lowest BCUT2D eigenvalue weighted by atomic mass is 9.82. The Balaban J connectivity index is 3.10. The summed E-state index contributed by atoms with van der Waals surface area (Å²) in [5, 5.41) is 23.4. The summed E-state index contributed by atoms with van der Waals surface area (Å²) in [6.07, 6.45) is 6.60. The molecule has 0 bridgehead atoms. The average molecular weight is 517 g/mol. The lowest BCUT2D eigenvalue weighted by Crippen LogP contribution is -2.54. The number of carboxylic acids is 1. The number of carbonyl (C=O) groups is 3. The maximum absolute atomic E-state index is 13.3. The zero-order chi connectivity index (χ0) is 27.7. The van der Waals surface area contributed by atoms with E-state index in [1.165, 1.54) is 13.2 Å². The van der Waals surface area contributed by atoms with Crippen LogP contribution in [0.1, 0.15) is 57.9 Å². The van der Waals surface area contributed by atoms with Crippen LogP contribution in [-0.2, 0) is 25.5 Å². The number of nitrogens with two attached hydrogens (primary N) is 1. The first-order valence-electron chi connectivity index (χ1n) is 12.6. The number of rotatable bonds is 17. The minimum Gasteiger partial charge on any atom is -0.481 e. The molecule has 0 heterocycles. The van der Waals surface area contributed by atoms with E-state index in [0.717, 1.165) is 24.8 Å². The molecule has 5 N–H and O–H groups in total. The van der Waals surface area contributed by atoms with Crippen molar-refractivity contribution in [3.05, 3.63) is 42.0 Å². The molecule has 0 spiro atoms. The highest BCUT2D eigenvalue weighted by Crippen LogP contribution is 2.27. The maximum atomic E-state index is 13.3. The lowest BCUT2D eigenvalue weighted by molar-refractivity contribution is -0.167. The van der Waals surface area contributed by atoms with E-state index in [4.69, 9.17) is 15.2 Å². The molecule has 37 heavy (non-hydrogen) atoms. The molecular formula is C28H40N2O7. The van der Waals surface area contributed by atoms with Gasteiger partial charge in [0.2, 0.25) is 5.91 Å². The molecule has 9 nitrogen and oxygen atoms in total. The SMILES string of the molecule is CC#CCOc1ccc(C[C@H](NC(=O)[C@@H](/C=C/CCCCCN)[C@@](O)(CCC)C(=O)O)C(=O)OC)cc1. The number of carbonyl (C=O) groups excluding carboxylic acids is 2. The third kappa shape index (κ3) is 10.7. The molecule has 0 aliphatic rings. The van der Waals surface area contributed by atoms with Gasteiger partial charge in [-0.2, -0.15) is 0 Å². The number of esters is 1. The van der Waals surface area contributed by atoms with Crippen molar-refractivity contribution in [1.29, 1.82) is 0 Å². The molecule has 9 heteroatoms. The Morgan fingerprint density at radius 2 is 1.89 bits per heavy atom. The second kappa shape index (κ2) is 17.2. The van der Waals surface area contributed by atoms with Crippen LogP contribution >= 0.6 is 0 Å². The van der Waals surface area contributed by atoms with Crippen molar-refractivity contribution in [3.8, 4) is 17.6 Å². The quantitative estimate of drug-likeness (QED) is 0.107. The van der Waals surface area contributed by atoms with Crippen LogP contribution in [0.3, 0.4) is 0 Å². The van der Waals surface area contributed by atoms with Crippen LogP contribution in [0.4, 0.5) is 0 Å². The van der Waals surface area contributed by atoms with Gasteiger partial charge in [0.25, 0.3) is 0 Å². The molecule has 0 aliphatic heterocycles. The van der Waals surface area contributed by atoms with Crippen molar-refractivity contribution >= 4 is 17.8 Å². The highest BCUT2D eigenvalue weighted by Gasteiger charge is 2.46. The normalized spacial score (nSPS) is 14.1. The summed E-state index contributed by atoms with van der Waals surface area (Å²) in [5.74, 6) is 1.78. The smallest absolute Gasteiger partial charge is 0.336 e. The van der Waals surface area contributed by atoms with Gasteiger partial charge in [0, 0.05) is 6.42 Å². The predicted molar refractivity (Wildman–Crippen MR) is 141 cm³/mol. The molecule has 1 aromatic carbocycles. The molecule has 204 valence electrons. The van der Waals surface area contributed by atoms with Gasteiger partial charge in [0.15, 0.2) is 5.60 Å². The van der Waals surface area contributed by atoms with Crippen molar-refractivity contribution < 1.29 is 34.1 Å². The number of carboxylic acid groups (broad SMARTS) is 1. The van der Waals surface area contributed by atoms with E-state index in [0.29, 0.717) is 25.1 Å². The molecule has 1 rings (SSSR count). The first kappa shape index (κ1) is 31.7. The number of aliphatic carboxylic acids is 1. The number of ether oxygens (including phenoxy) is 2. The molecule has 0 fully saturated rings. The van der Waals surface area contributed by atoms with Crippen molar-refractivity contribution in [2.75, 3.05) is 20.3 Å². The Morgan fingerprint density at radius 1 is 1.19 bits per heavy atom. The van der Waals surface area contributed by atoms with Gasteiger partial charge < -0.3 is 30.7 Å². The number of hydrogen-bond acceptors (Lipinski definition) is 7. The number of benzene rings is 1. The monoisotopic (exact) mass is 516 g/mol. The van der Waals surface area contributed by atoms with Crippen LogP contribution in [-0.4, -0.2) is 60.0 Å². The van der Waals surface area contributed by atoms with E-state index in [-0.39, 0.29) is 19.4 Å². The van der Waals surface area contributed by atoms with Gasteiger partial charge >= 0.3 is 11.9 Å². The second-order valence-corrected chi connectivity index (χ2v) is 8.67. The van der Waals surface area contributed by atoms with E-state index < -0.39 is 35.4 Å². The fourth-order valence-electron chi connectivity index (χ4n) is 3.80. The van der Waals surface area contributed by atoms with Crippen molar-refractivity contribution in [1.82, 2.24) is 5.32 Å². The Bertz CT molecular complexity index is 950. The summed E-state index contributed by atoms with van der Waals surface area (Å²) in [7, 11) is 1.20. The summed E-state index contributed by atoms with van der Waals surface area (Å²) in [4.78, 5) is 37.9. The zero-order valence-corrected chi connectivity index (χ0v) is 22.0. The number of amides is 1. The Labute approximate surface area is 219 Å². The first-order valence-corrected chi connectivity index (χ1v) is 12.6. The summed E-state index contributed by atoms with van der Waals surface area (Å²) in [5.41, 5.74) is 3.90. The third-order valence-corrected chi connectivity index (χ3v) is 5.86. The van der Waals surface area contributed by atoms with Gasteiger partial charge in [0.1, 0.15) is 18.4 Å². The molecule has 3 atom stereocenters. The van der Waals surface area contributed by atoms with Gasteiger partial charge in [-0.3, -0.25) is 4.79 Å². The minimum absolute atomic E-state index is 0.0995. The fourth-order valence-corrected chi connectivity index (χ4v) is 3.80. The third-order valence-electron chi connectivity index (χ3n) is 5.86. The Hall–Kier alpha value is -3.35. The number of nitrogens with one attached hydrogen (secondary N) is 1. The van der Waals surface area contributed by atoms with Gasteiger partial charge in [0.05, 0.1) is 13.0 Å². The lowest BCUT2D eigenvalue weighted by Gasteiger charge is -2.30. The van der Waals surface area contributed by atoms with Crippen LogP contribution in [0.25, 0.3) is 0 Å². The van der Waals surface area contributed by atoms with E-state index in [2.05, 4.69) is 17.2 Å². The molecule has 0 aromatic heterocycles. The summed E-state index contributed by atoms with van der Waals surface area (Å²) in [6.45, 7) is 4.28. The molecular weight excluding hydrogens is 476 g/mol. The van der Waals surface area contributed by atoms with Gasteiger partial charge in [-0.15, -0.1) is 5.92 Å². The summed E-state index contributed by atoms with van der Waals surface area (Å²) in [6, 6.07) is 5.86. The van der Waals surface area contributed by atoms with Gasteiger partial charge in [-0.1, -0.05) is 50.0 Å². The number of aliphatic hydroxyl groups is 1. The molecule has 1 amide bonds. The molecule has 0 radical (unpaired) electrons. The standard InChI is InChI=1S/C28H40N2O7/c1-4-6-19-37-22-15-13-21(14-16-22)20-24(26(32)36-3)30-25(31)23(12-10-8-7-9-11-18-29)28(35,17-5-2)27(33)34/h10,12-16,23-24,35H,5,7-9,11,17-20,29H2,1-3H3,(H,30,31)(H,33,34)/b12-10+/t23-,24+,28+/m1/s1. The van der Waals surface area contributed by atoms with Crippen molar-refractivity contribution in [2.24, 2.45) is 11.7 Å². The maximum Gasteiger partial charge on any atom is 0.336 e. The predicted octanol–water partition coefficient (Wildman–Crippen LogP) is 2.60. The fraction of sp³-hybridized carbons (Fsp3) is 0.536. The number of allylic oxidation sites excluding steroid dienone is 1. The van der Waals surface area contributed by atoms with Crippen LogP contribution in [0.15, 0.2) is 36.4 Å². The van der Waals surface area contributed by atoms with Crippen LogP contribution in [0.2, 0.25) is 0 Å². The molecule has 1 aromatic rings. The largest absolute Gasteiger partial charge is 0.481 e. The van der Waals surface area contributed by atoms with Crippen LogP contribution < -0.4 is 15.8 Å². The Kier molecular flexibility index (Phi) is 14.7. The highest BCUT2D eigenvalue weighted by molar-refractivity contribution is 5.92. The van der Waals surface area contributed by atoms with Crippen LogP contribution in [0.5, 0.6) is 5.75 Å². The van der Waals surface area contributed by atoms with E-state index in [1.54, 1.807) is 44.2 Å².